The molecule has 1 fully saturated rings. The number of benzene rings is 2. The van der Waals surface area contributed by atoms with E-state index >= 15 is 0 Å². The second-order valence-corrected chi connectivity index (χ2v) is 9.38. The van der Waals surface area contributed by atoms with Crippen molar-refractivity contribution in [3.8, 4) is 5.75 Å². The van der Waals surface area contributed by atoms with Crippen molar-refractivity contribution in [3.05, 3.63) is 81.1 Å². The van der Waals surface area contributed by atoms with E-state index in [2.05, 4.69) is 0 Å². The lowest BCUT2D eigenvalue weighted by molar-refractivity contribution is -0.157. The van der Waals surface area contributed by atoms with Crippen LogP contribution in [0.2, 0.25) is 5.02 Å². The number of phenols is 1. The zero-order valence-electron chi connectivity index (χ0n) is 18.5. The third-order valence-corrected chi connectivity index (χ3v) is 7.46. The Morgan fingerprint density at radius 2 is 1.78 bits per heavy atom. The molecule has 0 saturated heterocycles. The van der Waals surface area contributed by atoms with Gasteiger partial charge < -0.3 is 31.3 Å². The first-order chi connectivity index (χ1) is 17.0. The summed E-state index contributed by atoms with van der Waals surface area (Å²) in [5, 5.41) is 55.6. The number of Topliss-reactive ketones (excluding diaryl/α,β-unsaturated/α-hetero) is 2. The van der Waals surface area contributed by atoms with Gasteiger partial charge in [0, 0.05) is 23.3 Å². The predicted octanol–water partition coefficient (Wildman–Crippen LogP) is 2.05. The Morgan fingerprint density at radius 3 is 2.44 bits per heavy atom. The molecule has 0 radical (unpaired) electrons. The Bertz CT molecular complexity index is 1470. The third kappa shape index (κ3) is 3.07. The number of primary amides is 1. The van der Waals surface area contributed by atoms with Crippen LogP contribution in [0.3, 0.4) is 0 Å². The topological polar surface area (TPSA) is 178 Å². The number of rotatable bonds is 2. The zero-order chi connectivity index (χ0) is 26.1. The lowest BCUT2D eigenvalue weighted by Crippen LogP contribution is -2.63. The number of halogens is 1. The van der Waals surface area contributed by atoms with Crippen molar-refractivity contribution < 1.29 is 39.9 Å². The van der Waals surface area contributed by atoms with E-state index in [1.165, 1.54) is 12.1 Å². The van der Waals surface area contributed by atoms with Gasteiger partial charge in [0.1, 0.15) is 22.8 Å². The van der Waals surface area contributed by atoms with Crippen LogP contribution in [0, 0.1) is 11.8 Å². The fraction of sp³-hybridized carbons (Fsp3) is 0.192. The van der Waals surface area contributed by atoms with Gasteiger partial charge in [-0.3, -0.25) is 14.4 Å². The largest absolute Gasteiger partial charge is 0.508 e. The van der Waals surface area contributed by atoms with E-state index in [1.807, 2.05) is 0 Å². The Kier molecular flexibility index (Phi) is 5.33. The van der Waals surface area contributed by atoms with Crippen LogP contribution in [0.1, 0.15) is 23.1 Å². The molecule has 0 spiro atoms. The lowest BCUT2D eigenvalue weighted by atomic mass is 9.56. The van der Waals surface area contributed by atoms with Crippen LogP contribution in [0.5, 0.6) is 5.75 Å². The molecule has 3 aliphatic carbocycles. The molecule has 7 N–H and O–H groups in total. The van der Waals surface area contributed by atoms with Gasteiger partial charge in [-0.25, -0.2) is 0 Å². The van der Waals surface area contributed by atoms with Gasteiger partial charge in [-0.15, -0.1) is 0 Å². The maximum atomic E-state index is 13.8. The minimum Gasteiger partial charge on any atom is -0.508 e. The summed E-state index contributed by atoms with van der Waals surface area (Å²) in [6.07, 6.45) is -0.773. The normalized spacial score (nSPS) is 28.6. The number of carbonyl (C=O) groups is 3. The van der Waals surface area contributed by atoms with E-state index in [9.17, 15) is 39.9 Å². The smallest absolute Gasteiger partial charge is 0.255 e. The molecular formula is C26H20ClNO8. The first-order valence-electron chi connectivity index (χ1n) is 10.9. The molecule has 0 heterocycles. The number of hydrogen-bond donors (Lipinski definition) is 6. The second kappa shape index (κ2) is 8.06. The van der Waals surface area contributed by atoms with Gasteiger partial charge in [0.15, 0.2) is 11.4 Å². The highest BCUT2D eigenvalue weighted by Gasteiger charge is 2.64. The third-order valence-electron chi connectivity index (χ3n) is 7.12. The number of nitrogens with two attached hydrogens (primary N) is 1. The fourth-order valence-electron chi connectivity index (χ4n) is 5.45. The highest BCUT2D eigenvalue weighted by atomic mass is 35.5. The van der Waals surface area contributed by atoms with Crippen molar-refractivity contribution in [3.63, 3.8) is 0 Å². The van der Waals surface area contributed by atoms with E-state index in [-0.39, 0.29) is 22.4 Å². The van der Waals surface area contributed by atoms with Crippen molar-refractivity contribution in [2.45, 2.75) is 18.1 Å². The van der Waals surface area contributed by atoms with Gasteiger partial charge in [0.25, 0.3) is 5.91 Å². The maximum Gasteiger partial charge on any atom is 0.255 e. The number of ketones is 2. The summed E-state index contributed by atoms with van der Waals surface area (Å²) in [6, 6.07) is 11.1. The van der Waals surface area contributed by atoms with Crippen molar-refractivity contribution >= 4 is 46.5 Å². The summed E-state index contributed by atoms with van der Waals surface area (Å²) < 4.78 is 0. The number of aromatic hydroxyl groups is 1. The Morgan fingerprint density at radius 1 is 1.08 bits per heavy atom. The predicted molar refractivity (Wildman–Crippen MR) is 128 cm³/mol. The molecule has 184 valence electrons. The van der Waals surface area contributed by atoms with Crippen molar-refractivity contribution in [1.29, 1.82) is 0 Å². The number of phenolic OH excluding ortho intramolecular Hbond substituents is 1. The number of fused-ring (bicyclic) bond motifs is 3. The summed E-state index contributed by atoms with van der Waals surface area (Å²) in [5.74, 6) is -8.73. The average Bonchev–Trinajstić information content (AvgIpc) is 2.82. The molecule has 0 aromatic heterocycles. The van der Waals surface area contributed by atoms with Crippen LogP contribution in [0.4, 0.5) is 0 Å². The molecule has 2 aromatic carbocycles. The molecule has 2 aromatic rings. The number of aliphatic hydroxyl groups excluding tert-OH is 3. The molecular weight excluding hydrogens is 490 g/mol. The highest BCUT2D eigenvalue weighted by Crippen LogP contribution is 2.55. The molecule has 10 heteroatoms. The minimum absolute atomic E-state index is 0.130. The van der Waals surface area contributed by atoms with Crippen molar-refractivity contribution in [2.75, 3.05) is 0 Å². The summed E-state index contributed by atoms with van der Waals surface area (Å²) in [6.45, 7) is 0. The van der Waals surface area contributed by atoms with E-state index < -0.39 is 70.1 Å². The van der Waals surface area contributed by atoms with Crippen LogP contribution < -0.4 is 5.73 Å². The van der Waals surface area contributed by atoms with Crippen molar-refractivity contribution in [1.82, 2.24) is 0 Å². The standard InChI is InChI=1S/C26H20ClNO8/c27-14-6-2-1-4-10(14)8-12-11-5-3-7-15(29)17(11)22(32)20-18(12)21(31)13-9-16(30)19(25(28)35)23(33)26(13,36)24(20)34/h1-8,13,18,21,29,31-33,36H,9H2,(H2,28,35)/b12-8+/t13-,18-,21-,26-/m1/s1. The molecule has 1 amide bonds. The highest BCUT2D eigenvalue weighted by molar-refractivity contribution is 6.32. The van der Waals surface area contributed by atoms with Crippen LogP contribution in [0.15, 0.2) is 59.4 Å². The molecule has 9 nitrogen and oxygen atoms in total. The van der Waals surface area contributed by atoms with E-state index in [1.54, 1.807) is 36.4 Å². The average molecular weight is 510 g/mol. The number of aliphatic hydroxyl groups is 4. The molecule has 4 atom stereocenters. The van der Waals surface area contributed by atoms with Crippen LogP contribution in [-0.2, 0) is 14.4 Å². The number of carbonyl (C=O) groups excluding carboxylic acids is 3. The molecule has 0 bridgehead atoms. The van der Waals surface area contributed by atoms with Gasteiger partial charge >= 0.3 is 0 Å². The summed E-state index contributed by atoms with van der Waals surface area (Å²) in [7, 11) is 0. The van der Waals surface area contributed by atoms with Crippen molar-refractivity contribution in [2.24, 2.45) is 17.6 Å². The first kappa shape index (κ1) is 23.8. The quantitative estimate of drug-likeness (QED) is 0.333. The molecule has 0 aliphatic heterocycles. The van der Waals surface area contributed by atoms with Crippen LogP contribution >= 0.6 is 11.6 Å². The van der Waals surface area contributed by atoms with E-state index in [4.69, 9.17) is 17.3 Å². The summed E-state index contributed by atoms with van der Waals surface area (Å²) >= 11 is 6.34. The van der Waals surface area contributed by atoms with Crippen LogP contribution in [-0.4, -0.2) is 54.7 Å². The molecule has 0 unspecified atom stereocenters. The summed E-state index contributed by atoms with van der Waals surface area (Å²) in [5.41, 5.74) is 1.78. The van der Waals surface area contributed by atoms with Gasteiger partial charge in [-0.05, 0) is 34.9 Å². The maximum absolute atomic E-state index is 13.8. The SMILES string of the molecule is NC(=O)C1=C(O)[C@@]2(O)C(=O)C3=C(O)c4c(O)cccc4/C(=C\c4ccccc4Cl)[C@H]3[C@H](O)[C@H]2CC1=O. The Labute approximate surface area is 209 Å². The number of hydrogen-bond acceptors (Lipinski definition) is 8. The van der Waals surface area contributed by atoms with Gasteiger partial charge in [0.2, 0.25) is 5.78 Å². The molecule has 36 heavy (non-hydrogen) atoms. The fourth-order valence-corrected chi connectivity index (χ4v) is 5.64. The Balaban J connectivity index is 1.83. The monoisotopic (exact) mass is 509 g/mol. The van der Waals surface area contributed by atoms with E-state index in [0.717, 1.165) is 0 Å². The van der Waals surface area contributed by atoms with Crippen LogP contribution in [0.25, 0.3) is 17.4 Å². The second-order valence-electron chi connectivity index (χ2n) is 8.97. The molecule has 1 saturated carbocycles. The summed E-state index contributed by atoms with van der Waals surface area (Å²) in [4.78, 5) is 38.2. The first-order valence-corrected chi connectivity index (χ1v) is 11.3. The lowest BCUT2D eigenvalue weighted by Gasteiger charge is -2.49. The van der Waals surface area contributed by atoms with Gasteiger partial charge in [-0.2, -0.15) is 0 Å². The Hall–Kier alpha value is -3.92. The van der Waals surface area contributed by atoms with E-state index in [0.29, 0.717) is 10.6 Å². The number of amides is 1. The molecule has 3 aliphatic rings. The minimum atomic E-state index is -2.91. The van der Waals surface area contributed by atoms with Gasteiger partial charge in [-0.1, -0.05) is 41.9 Å². The van der Waals surface area contributed by atoms with Gasteiger partial charge in [0.05, 0.1) is 17.2 Å². The zero-order valence-corrected chi connectivity index (χ0v) is 19.2. The molecule has 5 rings (SSSR count).